The predicted molar refractivity (Wildman–Crippen MR) is 99.2 cm³/mol. The lowest BCUT2D eigenvalue weighted by atomic mass is 9.88. The van der Waals surface area contributed by atoms with Crippen LogP contribution in [0.25, 0.3) is 0 Å². The lowest BCUT2D eigenvalue weighted by Crippen LogP contribution is -2.57. The van der Waals surface area contributed by atoms with E-state index in [4.69, 9.17) is 4.74 Å². The molecule has 0 radical (unpaired) electrons. The fraction of sp³-hybridized carbons (Fsp3) is 0.700. The molecule has 0 saturated carbocycles. The molecular formula is C20H33N3O. The molecule has 24 heavy (non-hydrogen) atoms. The Labute approximate surface area is 147 Å². The van der Waals surface area contributed by atoms with Crippen LogP contribution in [0.4, 0.5) is 0 Å². The summed E-state index contributed by atoms with van der Waals surface area (Å²) in [5, 5.41) is 3.90. The molecule has 2 saturated heterocycles. The van der Waals surface area contributed by atoms with Crippen molar-refractivity contribution in [2.75, 3.05) is 40.4 Å². The second kappa shape index (κ2) is 7.96. The van der Waals surface area contributed by atoms with Gasteiger partial charge in [-0.25, -0.2) is 0 Å². The Morgan fingerprint density at radius 3 is 2.58 bits per heavy atom. The molecule has 0 aromatic heterocycles. The maximum absolute atomic E-state index is 5.59. The van der Waals surface area contributed by atoms with E-state index in [1.165, 1.54) is 18.5 Å². The van der Waals surface area contributed by atoms with Gasteiger partial charge in [0.05, 0.1) is 0 Å². The van der Waals surface area contributed by atoms with Gasteiger partial charge in [-0.2, -0.15) is 0 Å². The van der Waals surface area contributed by atoms with E-state index in [9.17, 15) is 0 Å². The molecule has 1 aromatic rings. The van der Waals surface area contributed by atoms with Gasteiger partial charge in [0.25, 0.3) is 0 Å². The molecule has 0 amide bonds. The Balaban J connectivity index is 1.54. The Hall–Kier alpha value is -0.940. The van der Waals surface area contributed by atoms with Crippen LogP contribution in [0.1, 0.15) is 31.7 Å². The highest BCUT2D eigenvalue weighted by Crippen LogP contribution is 2.27. The molecule has 2 aliphatic rings. The summed E-state index contributed by atoms with van der Waals surface area (Å²) in [4.78, 5) is 5.02. The van der Waals surface area contributed by atoms with E-state index in [1.807, 2.05) is 0 Å². The third kappa shape index (κ3) is 3.99. The molecule has 2 atom stereocenters. The van der Waals surface area contributed by atoms with E-state index in [0.717, 1.165) is 39.1 Å². The minimum Gasteiger partial charge on any atom is -0.381 e. The third-order valence-corrected chi connectivity index (χ3v) is 6.18. The van der Waals surface area contributed by atoms with Crippen LogP contribution in [0.2, 0.25) is 0 Å². The largest absolute Gasteiger partial charge is 0.381 e. The van der Waals surface area contributed by atoms with E-state index in [2.05, 4.69) is 66.5 Å². The zero-order valence-electron chi connectivity index (χ0n) is 15.5. The van der Waals surface area contributed by atoms with Crippen molar-refractivity contribution in [1.82, 2.24) is 15.1 Å². The topological polar surface area (TPSA) is 27.7 Å². The van der Waals surface area contributed by atoms with Crippen LogP contribution < -0.4 is 5.32 Å². The monoisotopic (exact) mass is 331 g/mol. The first-order valence-corrected chi connectivity index (χ1v) is 9.37. The lowest BCUT2D eigenvalue weighted by Gasteiger charge is -2.44. The van der Waals surface area contributed by atoms with Gasteiger partial charge < -0.3 is 15.0 Å². The highest BCUT2D eigenvalue weighted by Gasteiger charge is 2.37. The number of likely N-dealkylation sites (tertiary alicyclic amines) is 1. The molecule has 0 aliphatic carbocycles. The number of benzene rings is 1. The van der Waals surface area contributed by atoms with Gasteiger partial charge in [-0.1, -0.05) is 30.3 Å². The average molecular weight is 332 g/mol. The Bertz CT molecular complexity index is 499. The highest BCUT2D eigenvalue weighted by atomic mass is 16.5. The van der Waals surface area contributed by atoms with Gasteiger partial charge in [0.1, 0.15) is 0 Å². The Morgan fingerprint density at radius 1 is 1.21 bits per heavy atom. The number of nitrogens with zero attached hydrogens (tertiary/aromatic N) is 2. The minimum atomic E-state index is 0.255. The second-order valence-electron chi connectivity index (χ2n) is 7.70. The van der Waals surface area contributed by atoms with Gasteiger partial charge >= 0.3 is 0 Å². The molecule has 2 unspecified atom stereocenters. The normalized spacial score (nSPS) is 27.7. The summed E-state index contributed by atoms with van der Waals surface area (Å²) in [6, 6.07) is 12.0. The van der Waals surface area contributed by atoms with Crippen molar-refractivity contribution in [3.63, 3.8) is 0 Å². The summed E-state index contributed by atoms with van der Waals surface area (Å²) < 4.78 is 5.59. The number of rotatable bonds is 6. The van der Waals surface area contributed by atoms with Gasteiger partial charge in [0.15, 0.2) is 0 Å². The van der Waals surface area contributed by atoms with E-state index < -0.39 is 0 Å². The molecule has 0 spiro atoms. The van der Waals surface area contributed by atoms with E-state index in [0.29, 0.717) is 12.1 Å². The quantitative estimate of drug-likeness (QED) is 0.866. The van der Waals surface area contributed by atoms with Crippen LogP contribution in [0.5, 0.6) is 0 Å². The van der Waals surface area contributed by atoms with E-state index >= 15 is 0 Å². The van der Waals surface area contributed by atoms with Crippen molar-refractivity contribution in [2.24, 2.45) is 0 Å². The number of hydrogen-bond donors (Lipinski definition) is 1. The first-order valence-electron chi connectivity index (χ1n) is 9.37. The van der Waals surface area contributed by atoms with Gasteiger partial charge in [0, 0.05) is 50.5 Å². The SMILES string of the molecule is CC1C(NCC2(N(C)C)CCOCC2)CCN1Cc1ccccc1. The maximum Gasteiger partial charge on any atom is 0.0484 e. The summed E-state index contributed by atoms with van der Waals surface area (Å²) in [7, 11) is 4.43. The molecular weight excluding hydrogens is 298 g/mol. The second-order valence-corrected chi connectivity index (χ2v) is 7.70. The molecule has 134 valence electrons. The predicted octanol–water partition coefficient (Wildman–Crippen LogP) is 2.35. The molecule has 2 heterocycles. The summed E-state index contributed by atoms with van der Waals surface area (Å²) in [5.74, 6) is 0. The zero-order chi connectivity index (χ0) is 17.0. The smallest absolute Gasteiger partial charge is 0.0484 e. The van der Waals surface area contributed by atoms with Crippen molar-refractivity contribution in [3.8, 4) is 0 Å². The lowest BCUT2D eigenvalue weighted by molar-refractivity contribution is -0.00865. The van der Waals surface area contributed by atoms with Crippen LogP contribution >= 0.6 is 0 Å². The fourth-order valence-electron chi connectivity index (χ4n) is 4.17. The first-order chi connectivity index (χ1) is 11.6. The van der Waals surface area contributed by atoms with Gasteiger partial charge in [0.2, 0.25) is 0 Å². The Morgan fingerprint density at radius 2 is 1.92 bits per heavy atom. The van der Waals surface area contributed by atoms with Crippen molar-refractivity contribution < 1.29 is 4.74 Å². The van der Waals surface area contributed by atoms with Crippen LogP contribution in [0.3, 0.4) is 0 Å². The molecule has 1 aromatic carbocycles. The minimum absolute atomic E-state index is 0.255. The zero-order valence-corrected chi connectivity index (χ0v) is 15.5. The molecule has 1 N–H and O–H groups in total. The summed E-state index contributed by atoms with van der Waals surface area (Å²) in [5.41, 5.74) is 1.67. The number of ether oxygens (including phenoxy) is 1. The summed E-state index contributed by atoms with van der Waals surface area (Å²) >= 11 is 0. The number of hydrogen-bond acceptors (Lipinski definition) is 4. The van der Waals surface area contributed by atoms with Gasteiger partial charge in [-0.3, -0.25) is 4.90 Å². The highest BCUT2D eigenvalue weighted by molar-refractivity contribution is 5.15. The summed E-state index contributed by atoms with van der Waals surface area (Å²) in [6.45, 7) is 7.47. The van der Waals surface area contributed by atoms with Crippen LogP contribution in [-0.4, -0.2) is 67.8 Å². The molecule has 4 heteroatoms. The van der Waals surface area contributed by atoms with Crippen molar-refractivity contribution in [3.05, 3.63) is 35.9 Å². The van der Waals surface area contributed by atoms with Gasteiger partial charge in [-0.15, -0.1) is 0 Å². The molecule has 4 nitrogen and oxygen atoms in total. The summed E-state index contributed by atoms with van der Waals surface area (Å²) in [6.07, 6.45) is 3.50. The third-order valence-electron chi connectivity index (χ3n) is 6.18. The van der Waals surface area contributed by atoms with Gasteiger partial charge in [-0.05, 0) is 45.8 Å². The van der Waals surface area contributed by atoms with Crippen LogP contribution in [0.15, 0.2) is 30.3 Å². The fourth-order valence-corrected chi connectivity index (χ4v) is 4.17. The van der Waals surface area contributed by atoms with E-state index in [1.54, 1.807) is 0 Å². The molecule has 0 bridgehead atoms. The molecule has 2 fully saturated rings. The van der Waals surface area contributed by atoms with Crippen molar-refractivity contribution in [2.45, 2.75) is 50.4 Å². The van der Waals surface area contributed by atoms with E-state index in [-0.39, 0.29) is 5.54 Å². The van der Waals surface area contributed by atoms with Crippen LogP contribution in [0, 0.1) is 0 Å². The Kier molecular flexibility index (Phi) is 5.93. The maximum atomic E-state index is 5.59. The number of nitrogens with one attached hydrogen (secondary N) is 1. The molecule has 3 rings (SSSR count). The first kappa shape index (κ1) is 17.9. The molecule has 2 aliphatic heterocycles. The van der Waals surface area contributed by atoms with Crippen molar-refractivity contribution in [1.29, 1.82) is 0 Å². The van der Waals surface area contributed by atoms with Crippen LogP contribution in [-0.2, 0) is 11.3 Å². The number of likely N-dealkylation sites (N-methyl/N-ethyl adjacent to an activating group) is 1. The standard InChI is InChI=1S/C20H33N3O/c1-17-19(9-12-23(17)15-18-7-5-4-6-8-18)21-16-20(22(2)3)10-13-24-14-11-20/h4-8,17,19,21H,9-16H2,1-3H3. The van der Waals surface area contributed by atoms with Crippen molar-refractivity contribution >= 4 is 0 Å². The average Bonchev–Trinajstić information content (AvgIpc) is 2.95.